The number of rotatable bonds is 3. The van der Waals surface area contributed by atoms with Gasteiger partial charge in [0.05, 0.1) is 12.1 Å². The molecule has 0 saturated heterocycles. The molecule has 0 aliphatic rings. The Labute approximate surface area is 90.1 Å². The fourth-order valence-corrected chi connectivity index (χ4v) is 1.32. The van der Waals surface area contributed by atoms with Gasteiger partial charge in [-0.25, -0.2) is 14.3 Å². The van der Waals surface area contributed by atoms with Crippen molar-refractivity contribution in [1.29, 1.82) is 0 Å². The number of carboxylic acid groups (broad SMARTS) is 1. The minimum atomic E-state index is -1.14. The number of fused-ring (bicyclic) bond motifs is 1. The van der Waals surface area contributed by atoms with E-state index in [9.17, 15) is 9.59 Å². The molecule has 2 aromatic rings. The van der Waals surface area contributed by atoms with E-state index in [1.807, 2.05) is 0 Å². The highest BCUT2D eigenvalue weighted by Gasteiger charge is 2.10. The second-order valence-corrected chi connectivity index (χ2v) is 3.28. The fraction of sp³-hybridized carbons (Fsp3) is 0.100. The molecule has 6 nitrogen and oxygen atoms in total. The highest BCUT2D eigenvalue weighted by atomic mass is 16.4. The lowest BCUT2D eigenvalue weighted by Crippen LogP contribution is -2.23. The van der Waals surface area contributed by atoms with Gasteiger partial charge in [-0.2, -0.15) is 0 Å². The number of aromatic nitrogens is 3. The van der Waals surface area contributed by atoms with Crippen LogP contribution in [0.2, 0.25) is 0 Å². The van der Waals surface area contributed by atoms with Crippen molar-refractivity contribution in [3.05, 3.63) is 47.0 Å². The molecule has 0 aromatic carbocycles. The van der Waals surface area contributed by atoms with Gasteiger partial charge in [-0.15, -0.1) is 5.10 Å². The highest BCUT2D eigenvalue weighted by Crippen LogP contribution is 1.98. The number of pyridine rings is 1. The maximum absolute atomic E-state index is 11.7. The molecule has 1 N–H and O–H groups in total. The minimum Gasteiger partial charge on any atom is -0.478 e. The van der Waals surface area contributed by atoms with Crippen LogP contribution in [0.15, 0.2) is 41.3 Å². The maximum Gasteiger partial charge on any atom is 0.350 e. The number of carbonyl (C=O) groups is 1. The van der Waals surface area contributed by atoms with Crippen LogP contribution in [0, 0.1) is 0 Å². The lowest BCUT2D eigenvalue weighted by Gasteiger charge is -1.97. The maximum atomic E-state index is 11.7. The quantitative estimate of drug-likeness (QED) is 0.745. The Hall–Kier alpha value is -2.37. The molecule has 2 heterocycles. The SMILES string of the molecule is C=C(Cn1nc2ccccn2c1=O)C(=O)O. The summed E-state index contributed by atoms with van der Waals surface area (Å²) in [5.74, 6) is -1.14. The molecular weight excluding hydrogens is 210 g/mol. The third-order valence-electron chi connectivity index (χ3n) is 2.13. The topological polar surface area (TPSA) is 76.6 Å². The van der Waals surface area contributed by atoms with E-state index >= 15 is 0 Å². The van der Waals surface area contributed by atoms with E-state index in [4.69, 9.17) is 5.11 Å². The lowest BCUT2D eigenvalue weighted by molar-refractivity contribution is -0.132. The molecule has 0 bridgehead atoms. The Morgan fingerprint density at radius 2 is 2.25 bits per heavy atom. The smallest absolute Gasteiger partial charge is 0.350 e. The average molecular weight is 219 g/mol. The molecule has 2 aromatic heterocycles. The molecule has 16 heavy (non-hydrogen) atoms. The average Bonchev–Trinajstić information content (AvgIpc) is 2.56. The van der Waals surface area contributed by atoms with Crippen LogP contribution in [-0.4, -0.2) is 25.3 Å². The van der Waals surface area contributed by atoms with Crippen molar-refractivity contribution >= 4 is 11.6 Å². The van der Waals surface area contributed by atoms with Crippen molar-refractivity contribution in [3.63, 3.8) is 0 Å². The summed E-state index contributed by atoms with van der Waals surface area (Å²) in [5, 5.41) is 12.6. The molecule has 82 valence electrons. The monoisotopic (exact) mass is 219 g/mol. The van der Waals surface area contributed by atoms with Gasteiger partial charge in [-0.1, -0.05) is 12.6 Å². The first-order valence-corrected chi connectivity index (χ1v) is 4.55. The molecule has 0 saturated carbocycles. The Morgan fingerprint density at radius 3 is 2.88 bits per heavy atom. The van der Waals surface area contributed by atoms with Crippen molar-refractivity contribution in [2.24, 2.45) is 0 Å². The van der Waals surface area contributed by atoms with E-state index in [-0.39, 0.29) is 17.8 Å². The molecule has 0 aliphatic carbocycles. The molecule has 6 heteroatoms. The normalized spacial score (nSPS) is 10.5. The van der Waals surface area contributed by atoms with Gasteiger partial charge in [-0.3, -0.25) is 4.40 Å². The van der Waals surface area contributed by atoms with E-state index < -0.39 is 5.97 Å². The number of carboxylic acids is 1. The second-order valence-electron chi connectivity index (χ2n) is 3.28. The predicted molar refractivity (Wildman–Crippen MR) is 56.2 cm³/mol. The van der Waals surface area contributed by atoms with Crippen LogP contribution in [0.25, 0.3) is 5.65 Å². The van der Waals surface area contributed by atoms with E-state index in [1.54, 1.807) is 24.4 Å². The molecule has 0 radical (unpaired) electrons. The summed E-state index contributed by atoms with van der Waals surface area (Å²) < 4.78 is 2.42. The molecule has 2 rings (SSSR count). The highest BCUT2D eigenvalue weighted by molar-refractivity contribution is 5.85. The van der Waals surface area contributed by atoms with Crippen LogP contribution >= 0.6 is 0 Å². The number of nitrogens with zero attached hydrogens (tertiary/aromatic N) is 3. The van der Waals surface area contributed by atoms with E-state index in [0.717, 1.165) is 4.68 Å². The zero-order valence-electron chi connectivity index (χ0n) is 8.33. The van der Waals surface area contributed by atoms with Gasteiger partial charge in [-0.05, 0) is 12.1 Å². The molecule has 0 amide bonds. The zero-order valence-corrected chi connectivity index (χ0v) is 8.33. The van der Waals surface area contributed by atoms with Crippen molar-refractivity contribution in [2.45, 2.75) is 6.54 Å². The third kappa shape index (κ3) is 1.60. The van der Waals surface area contributed by atoms with Crippen molar-refractivity contribution in [1.82, 2.24) is 14.2 Å². The summed E-state index contributed by atoms with van der Waals surface area (Å²) >= 11 is 0. The molecular formula is C10H9N3O3. The van der Waals surface area contributed by atoms with Crippen LogP contribution in [0.5, 0.6) is 0 Å². The summed E-state index contributed by atoms with van der Waals surface area (Å²) in [6.45, 7) is 3.24. The largest absolute Gasteiger partial charge is 0.478 e. The number of hydrogen-bond donors (Lipinski definition) is 1. The minimum absolute atomic E-state index is 0.0782. The van der Waals surface area contributed by atoms with Gasteiger partial charge in [0.2, 0.25) is 0 Å². The fourth-order valence-electron chi connectivity index (χ4n) is 1.32. The van der Waals surface area contributed by atoms with Gasteiger partial charge >= 0.3 is 11.7 Å². The first-order chi connectivity index (χ1) is 7.59. The summed E-state index contributed by atoms with van der Waals surface area (Å²) in [6.07, 6.45) is 1.57. The van der Waals surface area contributed by atoms with Crippen LogP contribution in [0.4, 0.5) is 0 Å². The Kier molecular flexibility index (Phi) is 2.32. The van der Waals surface area contributed by atoms with Crippen LogP contribution in [0.3, 0.4) is 0 Å². The van der Waals surface area contributed by atoms with Crippen LogP contribution in [0.1, 0.15) is 0 Å². The molecule has 0 atom stereocenters. The Morgan fingerprint density at radius 1 is 1.50 bits per heavy atom. The van der Waals surface area contributed by atoms with E-state index in [0.29, 0.717) is 5.65 Å². The number of hydrogen-bond acceptors (Lipinski definition) is 3. The zero-order chi connectivity index (χ0) is 11.7. The van der Waals surface area contributed by atoms with Gasteiger partial charge in [0, 0.05) is 6.20 Å². The van der Waals surface area contributed by atoms with E-state index in [1.165, 1.54) is 4.40 Å². The van der Waals surface area contributed by atoms with Crippen LogP contribution < -0.4 is 5.69 Å². The third-order valence-corrected chi connectivity index (χ3v) is 2.13. The summed E-state index contributed by atoms with van der Waals surface area (Å²) in [5.41, 5.74) is 0.0224. The molecule has 0 aliphatic heterocycles. The van der Waals surface area contributed by atoms with Crippen LogP contribution in [-0.2, 0) is 11.3 Å². The first-order valence-electron chi connectivity index (χ1n) is 4.55. The first kappa shape index (κ1) is 10.2. The summed E-state index contributed by atoms with van der Waals surface area (Å²) in [6, 6.07) is 5.12. The Balaban J connectivity index is 2.47. The molecule has 0 fully saturated rings. The second kappa shape index (κ2) is 3.65. The van der Waals surface area contributed by atoms with Crippen molar-refractivity contribution in [2.75, 3.05) is 0 Å². The Bertz CT molecular complexity index is 624. The van der Waals surface area contributed by atoms with Crippen molar-refractivity contribution in [3.8, 4) is 0 Å². The van der Waals surface area contributed by atoms with Crippen molar-refractivity contribution < 1.29 is 9.90 Å². The summed E-state index contributed by atoms with van der Waals surface area (Å²) in [4.78, 5) is 22.3. The standard InChI is InChI=1S/C10H9N3O3/c1-7(9(14)15)6-13-10(16)12-5-3-2-4-8(12)11-13/h2-5H,1,6H2,(H,14,15). The predicted octanol–water partition coefficient (Wildman–Crippen LogP) is 0.137. The molecule has 0 spiro atoms. The van der Waals surface area contributed by atoms with E-state index in [2.05, 4.69) is 11.7 Å². The van der Waals surface area contributed by atoms with Gasteiger partial charge in [0.25, 0.3) is 0 Å². The number of aliphatic carboxylic acids is 1. The molecule has 0 unspecified atom stereocenters. The summed E-state index contributed by atoms with van der Waals surface area (Å²) in [7, 11) is 0. The van der Waals surface area contributed by atoms with Gasteiger partial charge < -0.3 is 5.11 Å². The lowest BCUT2D eigenvalue weighted by atomic mass is 10.3. The van der Waals surface area contributed by atoms with Gasteiger partial charge in [0.1, 0.15) is 0 Å². The van der Waals surface area contributed by atoms with Gasteiger partial charge in [0.15, 0.2) is 5.65 Å².